The maximum absolute atomic E-state index is 14.1. The first kappa shape index (κ1) is 23.9. The number of aromatic amines is 1. The lowest BCUT2D eigenvalue weighted by Crippen LogP contribution is -2.37. The molecule has 13 heteroatoms. The zero-order valence-electron chi connectivity index (χ0n) is 18.5. The summed E-state index contributed by atoms with van der Waals surface area (Å²) < 4.78 is 69.8. The molecule has 5 rings (SSSR count). The highest BCUT2D eigenvalue weighted by Gasteiger charge is 2.35. The van der Waals surface area contributed by atoms with Crippen LogP contribution in [0.5, 0.6) is 0 Å². The summed E-state index contributed by atoms with van der Waals surface area (Å²) in [5, 5.41) is 15.1. The molecule has 2 aromatic carbocycles. The number of aromatic nitrogens is 5. The Bertz CT molecular complexity index is 1650. The highest BCUT2D eigenvalue weighted by Crippen LogP contribution is 2.38. The van der Waals surface area contributed by atoms with E-state index in [0.29, 0.717) is 22.7 Å². The van der Waals surface area contributed by atoms with Crippen LogP contribution in [0.3, 0.4) is 0 Å². The number of nitrogens with zero attached hydrogens (tertiary/aromatic N) is 5. The number of hydrogen-bond acceptors (Lipinski definition) is 5. The normalized spacial score (nSPS) is 11.7. The van der Waals surface area contributed by atoms with E-state index < -0.39 is 34.0 Å². The third-order valence-corrected chi connectivity index (χ3v) is 5.54. The molecule has 0 amide bonds. The number of rotatable bonds is 5. The smallest absolute Gasteiger partial charge is 0.333 e. The molecule has 3 aromatic heterocycles. The summed E-state index contributed by atoms with van der Waals surface area (Å²) in [5.74, 6) is -1.91. The van der Waals surface area contributed by atoms with Crippen molar-refractivity contribution in [3.8, 4) is 22.6 Å². The van der Waals surface area contributed by atoms with Crippen molar-refractivity contribution in [2.75, 3.05) is 0 Å². The molecule has 0 aliphatic heterocycles. The highest BCUT2D eigenvalue weighted by atomic mass is 19.4. The maximum Gasteiger partial charge on any atom is 0.417 e. The molecule has 0 aliphatic carbocycles. The predicted molar refractivity (Wildman–Crippen MR) is 120 cm³/mol. The Morgan fingerprint density at radius 2 is 1.84 bits per heavy atom. The molecule has 1 N–H and O–H groups in total. The van der Waals surface area contributed by atoms with E-state index in [1.807, 2.05) is 0 Å². The molecule has 0 bridgehead atoms. The van der Waals surface area contributed by atoms with E-state index in [4.69, 9.17) is 0 Å². The first-order valence-electron chi connectivity index (χ1n) is 10.6. The van der Waals surface area contributed by atoms with Crippen LogP contribution >= 0.6 is 0 Å². The maximum atomic E-state index is 14.1. The van der Waals surface area contributed by atoms with Gasteiger partial charge in [-0.25, -0.2) is 13.8 Å². The highest BCUT2D eigenvalue weighted by molar-refractivity contribution is 5.77. The van der Waals surface area contributed by atoms with Crippen molar-refractivity contribution in [1.29, 1.82) is 0 Å². The fraction of sp³-hybridized carbons (Fsp3) is 0.0833. The minimum atomic E-state index is -4.81. The summed E-state index contributed by atoms with van der Waals surface area (Å²) in [4.78, 5) is 21.3. The third-order valence-electron chi connectivity index (χ3n) is 5.54. The number of fused-ring (bicyclic) bond motifs is 1. The molecule has 0 spiro atoms. The third kappa shape index (κ3) is 4.70. The van der Waals surface area contributed by atoms with Gasteiger partial charge in [0.2, 0.25) is 12.7 Å². The van der Waals surface area contributed by atoms with Crippen molar-refractivity contribution < 1.29 is 31.6 Å². The average molecular weight is 513 g/mol. The lowest BCUT2D eigenvalue weighted by Gasteiger charge is -2.12. The standard InChI is InChI=1S/C24H13F5N6O2/c25-18-3-1-2-16(22(18)26)23-32-20-10-31-34(12-21(20)33-23)11-13-4-7-19(30-9-13)15-6-5-14(35(36)37)8-17(15)24(27,28)29/h1-10,12H,11H2/p+1. The number of nitro groups is 1. The van der Waals surface area contributed by atoms with Gasteiger partial charge in [0.1, 0.15) is 23.1 Å². The largest absolute Gasteiger partial charge is 0.417 e. The van der Waals surface area contributed by atoms with Crippen molar-refractivity contribution in [1.82, 2.24) is 20.1 Å². The van der Waals surface area contributed by atoms with Crippen molar-refractivity contribution in [2.45, 2.75) is 12.7 Å². The first-order chi connectivity index (χ1) is 17.6. The fourth-order valence-electron chi connectivity index (χ4n) is 3.78. The van der Waals surface area contributed by atoms with Crippen LogP contribution in [0.2, 0.25) is 0 Å². The molecule has 0 unspecified atom stereocenters. The Morgan fingerprint density at radius 3 is 2.54 bits per heavy atom. The fourth-order valence-corrected chi connectivity index (χ4v) is 3.78. The number of hydrogen-bond donors (Lipinski definition) is 1. The number of non-ortho nitro benzene ring substituents is 1. The second-order valence-corrected chi connectivity index (χ2v) is 7.99. The van der Waals surface area contributed by atoms with Gasteiger partial charge in [-0.15, -0.1) is 0 Å². The summed E-state index contributed by atoms with van der Waals surface area (Å²) in [6, 6.07) is 9.18. The summed E-state index contributed by atoms with van der Waals surface area (Å²) in [5.41, 5.74) is -0.638. The lowest BCUT2D eigenvalue weighted by atomic mass is 10.0. The van der Waals surface area contributed by atoms with Gasteiger partial charge in [0.05, 0.1) is 21.7 Å². The van der Waals surface area contributed by atoms with Crippen LogP contribution in [0.25, 0.3) is 33.7 Å². The van der Waals surface area contributed by atoms with Gasteiger partial charge in [-0.2, -0.15) is 13.2 Å². The molecule has 3 heterocycles. The van der Waals surface area contributed by atoms with Crippen LogP contribution in [-0.2, 0) is 12.7 Å². The van der Waals surface area contributed by atoms with Crippen molar-refractivity contribution in [3.05, 3.63) is 100.0 Å². The van der Waals surface area contributed by atoms with Crippen LogP contribution in [0, 0.1) is 21.7 Å². The number of nitrogens with one attached hydrogen (secondary N) is 1. The lowest BCUT2D eigenvalue weighted by molar-refractivity contribution is -0.745. The number of halogens is 5. The predicted octanol–water partition coefficient (Wildman–Crippen LogP) is 5.23. The molecule has 8 nitrogen and oxygen atoms in total. The minimum absolute atomic E-state index is 0.00489. The number of alkyl halides is 3. The second-order valence-electron chi connectivity index (χ2n) is 7.99. The molecule has 186 valence electrons. The molecule has 5 aromatic rings. The quantitative estimate of drug-likeness (QED) is 0.150. The average Bonchev–Trinajstić information content (AvgIpc) is 3.28. The van der Waals surface area contributed by atoms with Gasteiger partial charge in [0.15, 0.2) is 11.6 Å². The van der Waals surface area contributed by atoms with E-state index in [9.17, 15) is 32.1 Å². The van der Waals surface area contributed by atoms with Gasteiger partial charge in [-0.1, -0.05) is 10.7 Å². The second kappa shape index (κ2) is 9.00. The SMILES string of the molecule is O=[N+]([O-])c1ccc(-c2ccc(C[n+]3cc4[nH]c(-c5cccc(F)c5F)nc4cn3)cn2)c(C(F)(F)F)c1. The zero-order valence-corrected chi connectivity index (χ0v) is 18.5. The van der Waals surface area contributed by atoms with Gasteiger partial charge >= 0.3 is 6.18 Å². The van der Waals surface area contributed by atoms with Gasteiger partial charge < -0.3 is 4.98 Å². The Hall–Kier alpha value is -4.81. The van der Waals surface area contributed by atoms with Crippen LogP contribution < -0.4 is 4.68 Å². The van der Waals surface area contributed by atoms with E-state index in [-0.39, 0.29) is 29.2 Å². The van der Waals surface area contributed by atoms with E-state index >= 15 is 0 Å². The van der Waals surface area contributed by atoms with Gasteiger partial charge in [0.25, 0.3) is 5.69 Å². The van der Waals surface area contributed by atoms with Gasteiger partial charge in [-0.05, 0) is 35.4 Å². The molecule has 0 fully saturated rings. The van der Waals surface area contributed by atoms with Crippen LogP contribution in [0.4, 0.5) is 27.6 Å². The molecule has 0 radical (unpaired) electrons. The molecule has 0 atom stereocenters. The Balaban J connectivity index is 1.41. The zero-order chi connectivity index (χ0) is 26.3. The van der Waals surface area contributed by atoms with Crippen molar-refractivity contribution in [3.63, 3.8) is 0 Å². The number of pyridine rings is 1. The van der Waals surface area contributed by atoms with Crippen LogP contribution in [0.1, 0.15) is 11.1 Å². The van der Waals surface area contributed by atoms with E-state index in [0.717, 1.165) is 18.2 Å². The Labute approximate surface area is 204 Å². The van der Waals surface area contributed by atoms with E-state index in [1.54, 1.807) is 12.3 Å². The molecular formula is C24H14F5N6O2+. The summed E-state index contributed by atoms with van der Waals surface area (Å²) in [7, 11) is 0. The molecule has 0 saturated carbocycles. The van der Waals surface area contributed by atoms with E-state index in [1.165, 1.54) is 35.3 Å². The van der Waals surface area contributed by atoms with Gasteiger partial charge in [-0.3, -0.25) is 15.1 Å². The Kier molecular flexibility index (Phi) is 5.82. The summed E-state index contributed by atoms with van der Waals surface area (Å²) >= 11 is 0. The van der Waals surface area contributed by atoms with Gasteiger partial charge in [0, 0.05) is 29.5 Å². The number of H-pyrrole nitrogens is 1. The Morgan fingerprint density at radius 1 is 1.03 bits per heavy atom. The summed E-state index contributed by atoms with van der Waals surface area (Å²) in [6.45, 7) is 0.193. The van der Waals surface area contributed by atoms with Crippen LogP contribution in [0.15, 0.2) is 67.1 Å². The first-order valence-corrected chi connectivity index (χ1v) is 10.6. The monoisotopic (exact) mass is 513 g/mol. The topological polar surface area (TPSA) is 101 Å². The minimum Gasteiger partial charge on any atom is -0.333 e. The number of nitro benzene ring substituents is 1. The number of imidazole rings is 1. The molecule has 0 saturated heterocycles. The van der Waals surface area contributed by atoms with Crippen molar-refractivity contribution >= 4 is 16.7 Å². The molecule has 37 heavy (non-hydrogen) atoms. The molecular weight excluding hydrogens is 499 g/mol. The van der Waals surface area contributed by atoms with Crippen LogP contribution in [-0.4, -0.2) is 25.0 Å². The summed E-state index contributed by atoms with van der Waals surface area (Å²) in [6.07, 6.45) is -0.416. The van der Waals surface area contributed by atoms with Crippen molar-refractivity contribution in [2.24, 2.45) is 0 Å². The van der Waals surface area contributed by atoms with E-state index in [2.05, 4.69) is 20.1 Å². The number of benzene rings is 2. The molecule has 0 aliphatic rings.